The minimum absolute atomic E-state index is 0. The van der Waals surface area contributed by atoms with Gasteiger partial charge in [-0.1, -0.05) is 0 Å². The van der Waals surface area contributed by atoms with Crippen LogP contribution in [-0.2, 0) is 17.8 Å². The normalized spacial score (nSPS) is 17.6. The topological polar surface area (TPSA) is 61.6 Å². The first-order valence-electron chi connectivity index (χ1n) is 6.25. The number of rotatable bonds is 4. The van der Waals surface area contributed by atoms with Gasteiger partial charge in [0.15, 0.2) is 5.78 Å². The summed E-state index contributed by atoms with van der Waals surface area (Å²) >= 11 is 0. The highest BCUT2D eigenvalue weighted by molar-refractivity contribution is 6.02. The van der Waals surface area contributed by atoms with Gasteiger partial charge in [0.05, 0.1) is 19.8 Å². The quantitative estimate of drug-likeness (QED) is 0.920. The maximum atomic E-state index is 12.0. The SMILES string of the molecule is CCOCc1c(OC)ccc2c1CCC(N)C2=O.Cl. The van der Waals surface area contributed by atoms with Crippen molar-refractivity contribution in [1.29, 1.82) is 0 Å². The fraction of sp³-hybridized carbons (Fsp3) is 0.500. The third kappa shape index (κ3) is 3.08. The van der Waals surface area contributed by atoms with Crippen LogP contribution in [0.2, 0.25) is 0 Å². The number of ether oxygens (including phenoxy) is 2. The molecule has 2 rings (SSSR count). The van der Waals surface area contributed by atoms with Crippen molar-refractivity contribution in [1.82, 2.24) is 0 Å². The minimum atomic E-state index is -0.370. The first-order valence-corrected chi connectivity index (χ1v) is 6.25. The molecule has 0 aliphatic heterocycles. The molecule has 19 heavy (non-hydrogen) atoms. The van der Waals surface area contributed by atoms with Crippen LogP contribution in [0.15, 0.2) is 12.1 Å². The first kappa shape index (κ1) is 16.0. The smallest absolute Gasteiger partial charge is 0.179 e. The fourth-order valence-corrected chi connectivity index (χ4v) is 2.37. The molecule has 1 aliphatic carbocycles. The second-order valence-corrected chi connectivity index (χ2v) is 4.42. The third-order valence-corrected chi connectivity index (χ3v) is 3.37. The van der Waals surface area contributed by atoms with E-state index in [1.165, 1.54) is 0 Å². The van der Waals surface area contributed by atoms with Crippen LogP contribution in [0.1, 0.15) is 34.8 Å². The fourth-order valence-electron chi connectivity index (χ4n) is 2.37. The molecule has 0 saturated carbocycles. The highest BCUT2D eigenvalue weighted by Gasteiger charge is 2.27. The molecule has 1 atom stereocenters. The van der Waals surface area contributed by atoms with Crippen LogP contribution in [-0.4, -0.2) is 25.5 Å². The van der Waals surface area contributed by atoms with Gasteiger partial charge >= 0.3 is 0 Å². The van der Waals surface area contributed by atoms with Gasteiger partial charge in [-0.25, -0.2) is 0 Å². The van der Waals surface area contributed by atoms with Crippen LogP contribution < -0.4 is 10.5 Å². The molecule has 0 spiro atoms. The lowest BCUT2D eigenvalue weighted by atomic mass is 9.84. The summed E-state index contributed by atoms with van der Waals surface area (Å²) in [5.74, 6) is 0.808. The average molecular weight is 286 g/mol. The zero-order chi connectivity index (χ0) is 13.1. The van der Waals surface area contributed by atoms with Gasteiger partial charge in [0.1, 0.15) is 5.75 Å². The summed E-state index contributed by atoms with van der Waals surface area (Å²) in [5, 5.41) is 0. The van der Waals surface area contributed by atoms with Gasteiger partial charge in [-0.05, 0) is 37.5 Å². The number of carbonyl (C=O) groups excluding carboxylic acids is 1. The van der Waals surface area contributed by atoms with E-state index in [2.05, 4.69) is 0 Å². The molecule has 106 valence electrons. The summed E-state index contributed by atoms with van der Waals surface area (Å²) in [5.41, 5.74) is 8.55. The minimum Gasteiger partial charge on any atom is -0.496 e. The Balaban J connectivity index is 0.00000180. The number of fused-ring (bicyclic) bond motifs is 1. The lowest BCUT2D eigenvalue weighted by Gasteiger charge is -2.24. The van der Waals surface area contributed by atoms with Crippen LogP contribution in [0, 0.1) is 0 Å². The summed E-state index contributed by atoms with van der Waals surface area (Å²) in [4.78, 5) is 12.0. The van der Waals surface area contributed by atoms with Crippen LogP contribution >= 0.6 is 12.4 Å². The molecule has 1 aliphatic rings. The van der Waals surface area contributed by atoms with E-state index in [0.29, 0.717) is 19.6 Å². The second-order valence-electron chi connectivity index (χ2n) is 4.42. The van der Waals surface area contributed by atoms with Crippen molar-refractivity contribution in [3.8, 4) is 5.75 Å². The van der Waals surface area contributed by atoms with Gasteiger partial charge in [-0.3, -0.25) is 4.79 Å². The predicted octanol–water partition coefficient (Wildman–Crippen LogP) is 2.11. The van der Waals surface area contributed by atoms with Gasteiger partial charge in [-0.15, -0.1) is 12.4 Å². The zero-order valence-corrected chi connectivity index (χ0v) is 12.1. The van der Waals surface area contributed by atoms with E-state index in [0.717, 1.165) is 28.9 Å². The van der Waals surface area contributed by atoms with Gasteiger partial charge in [0.25, 0.3) is 0 Å². The Morgan fingerprint density at radius 2 is 2.16 bits per heavy atom. The van der Waals surface area contributed by atoms with Crippen LogP contribution in [0.4, 0.5) is 0 Å². The van der Waals surface area contributed by atoms with E-state index in [4.69, 9.17) is 15.2 Å². The van der Waals surface area contributed by atoms with E-state index in [1.54, 1.807) is 7.11 Å². The number of halogens is 1. The lowest BCUT2D eigenvalue weighted by molar-refractivity contribution is 0.0946. The molecule has 4 nitrogen and oxygen atoms in total. The summed E-state index contributed by atoms with van der Waals surface area (Å²) in [7, 11) is 1.63. The Hall–Kier alpha value is -1.10. The maximum Gasteiger partial charge on any atom is 0.179 e. The first-order chi connectivity index (χ1) is 8.69. The Morgan fingerprint density at radius 1 is 1.42 bits per heavy atom. The molecule has 5 heteroatoms. The van der Waals surface area contributed by atoms with Gasteiger partial charge in [0, 0.05) is 17.7 Å². The Bertz CT molecular complexity index is 462. The van der Waals surface area contributed by atoms with Gasteiger partial charge in [0.2, 0.25) is 0 Å². The van der Waals surface area contributed by atoms with E-state index in [1.807, 2.05) is 19.1 Å². The van der Waals surface area contributed by atoms with E-state index in [9.17, 15) is 4.79 Å². The van der Waals surface area contributed by atoms with Crippen molar-refractivity contribution < 1.29 is 14.3 Å². The molecule has 1 aromatic carbocycles. The standard InChI is InChI=1S/C14H19NO3.ClH/c1-3-18-8-11-9-4-6-12(15)14(16)10(9)5-7-13(11)17-2;/h5,7,12H,3-4,6,8,15H2,1-2H3;1H. The Kier molecular flexibility index (Phi) is 5.79. The zero-order valence-electron chi connectivity index (χ0n) is 11.3. The molecule has 0 fully saturated rings. The summed E-state index contributed by atoms with van der Waals surface area (Å²) in [6.45, 7) is 3.06. The molecule has 1 aromatic rings. The Morgan fingerprint density at radius 3 is 2.79 bits per heavy atom. The van der Waals surface area contributed by atoms with E-state index in [-0.39, 0.29) is 24.2 Å². The monoisotopic (exact) mass is 285 g/mol. The number of methoxy groups -OCH3 is 1. The number of nitrogens with two attached hydrogens (primary N) is 1. The van der Waals surface area contributed by atoms with Crippen molar-refractivity contribution in [2.24, 2.45) is 5.73 Å². The molecule has 2 N–H and O–H groups in total. The van der Waals surface area contributed by atoms with Crippen LogP contribution in [0.3, 0.4) is 0 Å². The third-order valence-electron chi connectivity index (χ3n) is 3.37. The number of hydrogen-bond donors (Lipinski definition) is 1. The molecular weight excluding hydrogens is 266 g/mol. The van der Waals surface area contributed by atoms with Crippen molar-refractivity contribution in [2.45, 2.75) is 32.4 Å². The number of carbonyl (C=O) groups is 1. The van der Waals surface area contributed by atoms with Crippen molar-refractivity contribution in [3.05, 3.63) is 28.8 Å². The van der Waals surface area contributed by atoms with Crippen molar-refractivity contribution in [2.75, 3.05) is 13.7 Å². The summed E-state index contributed by atoms with van der Waals surface area (Å²) < 4.78 is 10.8. The van der Waals surface area contributed by atoms with Crippen molar-refractivity contribution >= 4 is 18.2 Å². The molecule has 0 bridgehead atoms. The summed E-state index contributed by atoms with van der Waals surface area (Å²) in [6, 6.07) is 3.26. The van der Waals surface area contributed by atoms with Gasteiger partial charge < -0.3 is 15.2 Å². The molecule has 0 saturated heterocycles. The van der Waals surface area contributed by atoms with Gasteiger partial charge in [-0.2, -0.15) is 0 Å². The number of Topliss-reactive ketones (excluding diaryl/α,β-unsaturated/α-hetero) is 1. The lowest BCUT2D eigenvalue weighted by Crippen LogP contribution is -2.35. The molecule has 0 aromatic heterocycles. The van der Waals surface area contributed by atoms with E-state index >= 15 is 0 Å². The Labute approximate surface area is 119 Å². The van der Waals surface area contributed by atoms with E-state index < -0.39 is 0 Å². The summed E-state index contributed by atoms with van der Waals surface area (Å²) in [6.07, 6.45) is 1.50. The molecule has 0 heterocycles. The highest BCUT2D eigenvalue weighted by atomic mass is 35.5. The molecule has 0 amide bonds. The largest absolute Gasteiger partial charge is 0.496 e. The number of ketones is 1. The van der Waals surface area contributed by atoms with Crippen LogP contribution in [0.5, 0.6) is 5.75 Å². The maximum absolute atomic E-state index is 12.0. The van der Waals surface area contributed by atoms with Crippen molar-refractivity contribution in [3.63, 3.8) is 0 Å². The highest BCUT2D eigenvalue weighted by Crippen LogP contribution is 2.31. The predicted molar refractivity (Wildman–Crippen MR) is 76.2 cm³/mol. The molecule has 0 radical (unpaired) electrons. The molecular formula is C14H20ClNO3. The van der Waals surface area contributed by atoms with Crippen LogP contribution in [0.25, 0.3) is 0 Å². The second kappa shape index (κ2) is 6.89. The molecule has 1 unspecified atom stereocenters. The number of hydrogen-bond acceptors (Lipinski definition) is 4. The number of benzene rings is 1. The average Bonchev–Trinajstić information content (AvgIpc) is 2.40.